The number of aldehydes is 1. The predicted molar refractivity (Wildman–Crippen MR) is 86.6 cm³/mol. The molecule has 0 atom stereocenters. The number of hydrogen-bond acceptors (Lipinski definition) is 4. The standard InChI is InChI=1S/C17H16ClNO3/c1-12-9-14(18)7-8-17(12)22-11-13-5-3-4-6-15(13)16(10-20)19-21-2/h3-10H,11H2,1-2H3. The van der Waals surface area contributed by atoms with E-state index in [9.17, 15) is 4.79 Å². The maximum Gasteiger partial charge on any atom is 0.172 e. The van der Waals surface area contributed by atoms with Crippen LogP contribution in [0.15, 0.2) is 47.6 Å². The summed E-state index contributed by atoms with van der Waals surface area (Å²) in [6.45, 7) is 2.24. The van der Waals surface area contributed by atoms with Crippen molar-refractivity contribution in [3.63, 3.8) is 0 Å². The molecule has 0 N–H and O–H groups in total. The summed E-state index contributed by atoms with van der Waals surface area (Å²) in [7, 11) is 1.40. The van der Waals surface area contributed by atoms with Crippen molar-refractivity contribution < 1.29 is 14.4 Å². The molecule has 2 aromatic rings. The Morgan fingerprint density at radius 2 is 2.05 bits per heavy atom. The third-order valence-corrected chi connectivity index (χ3v) is 3.35. The molecule has 0 radical (unpaired) electrons. The van der Waals surface area contributed by atoms with Crippen LogP contribution in [0.3, 0.4) is 0 Å². The van der Waals surface area contributed by atoms with Gasteiger partial charge in [0.05, 0.1) is 0 Å². The molecule has 0 aliphatic heterocycles. The minimum atomic E-state index is 0.231. The van der Waals surface area contributed by atoms with E-state index in [0.29, 0.717) is 23.5 Å². The third-order valence-electron chi connectivity index (χ3n) is 3.11. The van der Waals surface area contributed by atoms with Gasteiger partial charge in [-0.25, -0.2) is 0 Å². The Hall–Kier alpha value is -2.33. The fourth-order valence-corrected chi connectivity index (χ4v) is 2.29. The van der Waals surface area contributed by atoms with E-state index in [2.05, 4.69) is 5.16 Å². The molecule has 0 aliphatic carbocycles. The van der Waals surface area contributed by atoms with Crippen molar-refractivity contribution in [3.8, 4) is 5.75 Å². The smallest absolute Gasteiger partial charge is 0.172 e. The van der Waals surface area contributed by atoms with E-state index in [1.807, 2.05) is 37.3 Å². The summed E-state index contributed by atoms with van der Waals surface area (Å²) in [4.78, 5) is 15.8. The van der Waals surface area contributed by atoms with Gasteiger partial charge in [0.2, 0.25) is 0 Å². The highest BCUT2D eigenvalue weighted by atomic mass is 35.5. The SMILES string of the molecule is CON=C(C=O)c1ccccc1COc1ccc(Cl)cc1C. The van der Waals surface area contributed by atoms with Gasteiger partial charge < -0.3 is 9.57 Å². The van der Waals surface area contributed by atoms with Gasteiger partial charge in [-0.2, -0.15) is 0 Å². The molecule has 0 amide bonds. The lowest BCUT2D eigenvalue weighted by Gasteiger charge is -2.12. The van der Waals surface area contributed by atoms with Crippen LogP contribution in [-0.4, -0.2) is 19.1 Å². The molecule has 0 fully saturated rings. The number of halogens is 1. The number of rotatable bonds is 6. The maximum atomic E-state index is 11.1. The molecule has 2 aromatic carbocycles. The first-order valence-electron chi connectivity index (χ1n) is 6.69. The van der Waals surface area contributed by atoms with Crippen LogP contribution in [0.25, 0.3) is 0 Å². The Morgan fingerprint density at radius 1 is 1.27 bits per heavy atom. The fraction of sp³-hybridized carbons (Fsp3) is 0.176. The van der Waals surface area contributed by atoms with E-state index >= 15 is 0 Å². The summed E-state index contributed by atoms with van der Waals surface area (Å²) >= 11 is 5.93. The molecular formula is C17H16ClNO3. The van der Waals surface area contributed by atoms with Gasteiger partial charge in [0.25, 0.3) is 0 Å². The van der Waals surface area contributed by atoms with Gasteiger partial charge in [-0.15, -0.1) is 0 Å². The van der Waals surface area contributed by atoms with Crippen LogP contribution in [0, 0.1) is 6.92 Å². The molecule has 0 saturated heterocycles. The average Bonchev–Trinajstić information content (AvgIpc) is 2.52. The van der Waals surface area contributed by atoms with Crippen LogP contribution in [-0.2, 0) is 16.2 Å². The molecule has 0 saturated carbocycles. The highest BCUT2D eigenvalue weighted by Gasteiger charge is 2.10. The summed E-state index contributed by atoms with van der Waals surface area (Å²) in [6, 6.07) is 12.8. The van der Waals surface area contributed by atoms with Gasteiger partial charge in [-0.1, -0.05) is 41.0 Å². The number of carbonyl (C=O) groups excluding carboxylic acids is 1. The van der Waals surface area contributed by atoms with Gasteiger partial charge in [-0.05, 0) is 36.2 Å². The minimum Gasteiger partial charge on any atom is -0.489 e. The molecule has 0 aromatic heterocycles. The number of oxime groups is 1. The second-order valence-electron chi connectivity index (χ2n) is 4.63. The lowest BCUT2D eigenvalue weighted by atomic mass is 10.0. The molecule has 114 valence electrons. The molecule has 0 unspecified atom stereocenters. The number of aryl methyl sites for hydroxylation is 1. The van der Waals surface area contributed by atoms with Gasteiger partial charge in [0.15, 0.2) is 6.29 Å². The van der Waals surface area contributed by atoms with Crippen LogP contribution >= 0.6 is 11.6 Å². The van der Waals surface area contributed by atoms with Crippen LogP contribution < -0.4 is 4.74 Å². The second kappa shape index (κ2) is 7.61. The lowest BCUT2D eigenvalue weighted by molar-refractivity contribution is -0.102. The van der Waals surface area contributed by atoms with Gasteiger partial charge in [0.1, 0.15) is 25.2 Å². The molecule has 0 spiro atoms. The van der Waals surface area contributed by atoms with Crippen LogP contribution in [0.5, 0.6) is 5.75 Å². The van der Waals surface area contributed by atoms with E-state index in [1.54, 1.807) is 12.1 Å². The molecule has 0 heterocycles. The Labute approximate surface area is 134 Å². The normalized spacial score (nSPS) is 11.1. The number of nitrogens with zero attached hydrogens (tertiary/aromatic N) is 1. The maximum absolute atomic E-state index is 11.1. The highest BCUT2D eigenvalue weighted by molar-refractivity contribution is 6.36. The van der Waals surface area contributed by atoms with Gasteiger partial charge in [0, 0.05) is 10.6 Å². The Kier molecular flexibility index (Phi) is 5.55. The number of ether oxygens (including phenoxy) is 1. The van der Waals surface area contributed by atoms with Crippen molar-refractivity contribution in [1.29, 1.82) is 0 Å². The molecule has 5 heteroatoms. The van der Waals surface area contributed by atoms with E-state index in [4.69, 9.17) is 21.2 Å². The number of carbonyl (C=O) groups is 1. The first-order valence-corrected chi connectivity index (χ1v) is 7.07. The minimum absolute atomic E-state index is 0.231. The zero-order chi connectivity index (χ0) is 15.9. The zero-order valence-electron chi connectivity index (χ0n) is 12.4. The first kappa shape index (κ1) is 16.0. The predicted octanol–water partition coefficient (Wildman–Crippen LogP) is 3.78. The Morgan fingerprint density at radius 3 is 2.73 bits per heavy atom. The lowest BCUT2D eigenvalue weighted by Crippen LogP contribution is -2.09. The Balaban J connectivity index is 2.23. The van der Waals surface area contributed by atoms with Crippen LogP contribution in [0.4, 0.5) is 0 Å². The van der Waals surface area contributed by atoms with Crippen LogP contribution in [0.1, 0.15) is 16.7 Å². The fourth-order valence-electron chi connectivity index (χ4n) is 2.06. The second-order valence-corrected chi connectivity index (χ2v) is 5.07. The zero-order valence-corrected chi connectivity index (χ0v) is 13.1. The topological polar surface area (TPSA) is 47.9 Å². The molecule has 0 aliphatic rings. The number of benzene rings is 2. The molecule has 4 nitrogen and oxygen atoms in total. The summed E-state index contributed by atoms with van der Waals surface area (Å²) in [6.07, 6.45) is 0.663. The van der Waals surface area contributed by atoms with E-state index in [0.717, 1.165) is 16.9 Å². The summed E-state index contributed by atoms with van der Waals surface area (Å²) in [5.41, 5.74) is 2.71. The molecule has 2 rings (SSSR count). The van der Waals surface area contributed by atoms with Gasteiger partial charge in [-0.3, -0.25) is 4.79 Å². The summed E-state index contributed by atoms with van der Waals surface area (Å²) < 4.78 is 5.82. The monoisotopic (exact) mass is 317 g/mol. The first-order chi connectivity index (χ1) is 10.7. The van der Waals surface area contributed by atoms with Crippen molar-refractivity contribution in [2.24, 2.45) is 5.16 Å². The van der Waals surface area contributed by atoms with E-state index < -0.39 is 0 Å². The quantitative estimate of drug-likeness (QED) is 0.463. The Bertz CT molecular complexity index is 698. The number of hydrogen-bond donors (Lipinski definition) is 0. The van der Waals surface area contributed by atoms with Crippen molar-refractivity contribution in [2.45, 2.75) is 13.5 Å². The molecular weight excluding hydrogens is 302 g/mol. The van der Waals surface area contributed by atoms with E-state index in [1.165, 1.54) is 7.11 Å². The summed E-state index contributed by atoms with van der Waals surface area (Å²) in [5.74, 6) is 0.746. The van der Waals surface area contributed by atoms with E-state index in [-0.39, 0.29) is 5.71 Å². The third kappa shape index (κ3) is 3.86. The van der Waals surface area contributed by atoms with Gasteiger partial charge >= 0.3 is 0 Å². The van der Waals surface area contributed by atoms with Crippen molar-refractivity contribution in [3.05, 3.63) is 64.2 Å². The summed E-state index contributed by atoms with van der Waals surface area (Å²) in [5, 5.41) is 4.40. The molecule has 22 heavy (non-hydrogen) atoms. The molecule has 0 bridgehead atoms. The van der Waals surface area contributed by atoms with Crippen molar-refractivity contribution in [1.82, 2.24) is 0 Å². The average molecular weight is 318 g/mol. The van der Waals surface area contributed by atoms with Crippen molar-refractivity contribution in [2.75, 3.05) is 7.11 Å². The largest absolute Gasteiger partial charge is 0.489 e. The van der Waals surface area contributed by atoms with Crippen LogP contribution in [0.2, 0.25) is 5.02 Å². The highest BCUT2D eigenvalue weighted by Crippen LogP contribution is 2.23. The van der Waals surface area contributed by atoms with Crippen molar-refractivity contribution >= 4 is 23.6 Å².